The summed E-state index contributed by atoms with van der Waals surface area (Å²) in [6.45, 7) is 7.47. The molecule has 9 atom stereocenters. The number of aliphatic hydroxyl groups is 2. The minimum Gasteiger partial charge on any atom is -0.472 e. The van der Waals surface area contributed by atoms with Crippen molar-refractivity contribution >= 4 is 11.8 Å². The zero-order chi connectivity index (χ0) is 23.1. The largest absolute Gasteiger partial charge is 0.472 e. The highest BCUT2D eigenvalue weighted by Gasteiger charge is 2.71. The molecule has 1 aromatic heterocycles. The number of carbonyl (C=O) groups excluding carboxylic acids is 2. The van der Waals surface area contributed by atoms with Crippen molar-refractivity contribution in [3.05, 3.63) is 48.0 Å². The lowest BCUT2D eigenvalue weighted by atomic mass is 9.39. The Kier molecular flexibility index (Phi) is 4.68. The SMILES string of the molecule is CC(=O)OC1C(O)C2(C)C3=CCC(c4ccoc4)C3(C)CCC2C2(C)C(=O)C=CC(O)C12. The molecule has 4 aliphatic carbocycles. The van der Waals surface area contributed by atoms with Crippen LogP contribution in [0.5, 0.6) is 0 Å². The lowest BCUT2D eigenvalue weighted by Crippen LogP contribution is -2.70. The van der Waals surface area contributed by atoms with Gasteiger partial charge < -0.3 is 19.4 Å². The molecule has 2 saturated carbocycles. The van der Waals surface area contributed by atoms with Gasteiger partial charge >= 0.3 is 5.97 Å². The highest BCUT2D eigenvalue weighted by Crippen LogP contribution is 2.71. The van der Waals surface area contributed by atoms with Gasteiger partial charge in [-0.25, -0.2) is 0 Å². The Balaban J connectivity index is 1.66. The van der Waals surface area contributed by atoms with Gasteiger partial charge in [0.25, 0.3) is 0 Å². The number of hydrogen-bond acceptors (Lipinski definition) is 6. The van der Waals surface area contributed by atoms with Gasteiger partial charge in [0.05, 0.1) is 18.6 Å². The fourth-order valence-corrected chi connectivity index (χ4v) is 8.07. The fraction of sp³-hybridized carbons (Fsp3) is 0.615. The summed E-state index contributed by atoms with van der Waals surface area (Å²) in [5.41, 5.74) is 0.356. The Labute approximate surface area is 188 Å². The van der Waals surface area contributed by atoms with Crippen LogP contribution in [0.25, 0.3) is 0 Å². The Bertz CT molecular complexity index is 1010. The summed E-state index contributed by atoms with van der Waals surface area (Å²) in [6, 6.07) is 2.00. The van der Waals surface area contributed by atoms with Gasteiger partial charge in [0.15, 0.2) is 5.78 Å². The molecule has 5 rings (SSSR count). The molecule has 2 N–H and O–H groups in total. The van der Waals surface area contributed by atoms with Crippen LogP contribution in [0, 0.1) is 28.1 Å². The van der Waals surface area contributed by atoms with E-state index in [0.29, 0.717) is 0 Å². The van der Waals surface area contributed by atoms with Crippen LogP contribution in [0.4, 0.5) is 0 Å². The van der Waals surface area contributed by atoms with Gasteiger partial charge in [-0.2, -0.15) is 0 Å². The standard InChI is InChI=1S/C26H32O6/c1-14(27)32-22-21-17(28)6-8-20(29)26(21,4)19-9-11-24(2)16(15-10-12-31-13-15)5-7-18(24)25(19,3)23(22)30/h6-8,10,12-13,16-17,19,21-23,28,30H,5,9,11H2,1-4H3. The van der Waals surface area contributed by atoms with Gasteiger partial charge in [0.2, 0.25) is 0 Å². The van der Waals surface area contributed by atoms with Crippen molar-refractivity contribution in [3.8, 4) is 0 Å². The molecule has 2 fully saturated rings. The average molecular weight is 441 g/mol. The first kappa shape index (κ1) is 21.7. The van der Waals surface area contributed by atoms with Crippen molar-refractivity contribution in [1.29, 1.82) is 0 Å². The van der Waals surface area contributed by atoms with Crippen molar-refractivity contribution in [2.24, 2.45) is 28.1 Å². The van der Waals surface area contributed by atoms with Crippen molar-refractivity contribution in [3.63, 3.8) is 0 Å². The Morgan fingerprint density at radius 3 is 2.62 bits per heavy atom. The molecule has 172 valence electrons. The van der Waals surface area contributed by atoms with E-state index in [9.17, 15) is 19.8 Å². The number of fused-ring (bicyclic) bond motifs is 5. The number of ether oxygens (including phenoxy) is 1. The fourth-order valence-electron chi connectivity index (χ4n) is 8.07. The molecule has 6 nitrogen and oxygen atoms in total. The normalized spacial score (nSPS) is 47.3. The van der Waals surface area contributed by atoms with E-state index >= 15 is 0 Å². The molecule has 1 heterocycles. The molecule has 9 unspecified atom stereocenters. The number of allylic oxidation sites excluding steroid dienone is 2. The smallest absolute Gasteiger partial charge is 0.303 e. The number of furan rings is 1. The van der Waals surface area contributed by atoms with E-state index in [2.05, 4.69) is 13.0 Å². The highest BCUT2D eigenvalue weighted by molar-refractivity contribution is 5.96. The zero-order valence-electron chi connectivity index (χ0n) is 19.1. The maximum atomic E-state index is 13.4. The van der Waals surface area contributed by atoms with E-state index < -0.39 is 41.0 Å². The Morgan fingerprint density at radius 1 is 1.22 bits per heavy atom. The molecule has 0 aromatic carbocycles. The first-order valence-corrected chi connectivity index (χ1v) is 11.6. The van der Waals surface area contributed by atoms with Gasteiger partial charge in [-0.15, -0.1) is 0 Å². The minimum atomic E-state index is -1.03. The Hall–Kier alpha value is -2.18. The minimum absolute atomic E-state index is 0.0679. The van der Waals surface area contributed by atoms with Crippen LogP contribution in [0.3, 0.4) is 0 Å². The number of carbonyl (C=O) groups is 2. The second-order valence-corrected chi connectivity index (χ2v) is 10.8. The van der Waals surface area contributed by atoms with Crippen molar-refractivity contribution < 1.29 is 29.0 Å². The topological polar surface area (TPSA) is 97.0 Å². The molecule has 0 saturated heterocycles. The monoisotopic (exact) mass is 440 g/mol. The summed E-state index contributed by atoms with van der Waals surface area (Å²) in [6.07, 6.45) is 8.11. The molecule has 32 heavy (non-hydrogen) atoms. The summed E-state index contributed by atoms with van der Waals surface area (Å²) < 4.78 is 11.0. The van der Waals surface area contributed by atoms with Gasteiger partial charge in [0, 0.05) is 23.7 Å². The van der Waals surface area contributed by atoms with Crippen LogP contribution in [-0.4, -0.2) is 40.3 Å². The molecule has 0 aliphatic heterocycles. The molecular weight excluding hydrogens is 408 g/mol. The van der Waals surface area contributed by atoms with E-state index in [-0.39, 0.29) is 23.0 Å². The van der Waals surface area contributed by atoms with E-state index in [1.54, 1.807) is 12.5 Å². The third-order valence-electron chi connectivity index (χ3n) is 9.49. The van der Waals surface area contributed by atoms with E-state index in [0.717, 1.165) is 30.4 Å². The lowest BCUT2D eigenvalue weighted by Gasteiger charge is -2.65. The lowest BCUT2D eigenvalue weighted by molar-refractivity contribution is -0.229. The summed E-state index contributed by atoms with van der Waals surface area (Å²) in [4.78, 5) is 25.4. The van der Waals surface area contributed by atoms with Gasteiger partial charge in [-0.05, 0) is 54.2 Å². The third kappa shape index (κ3) is 2.54. The van der Waals surface area contributed by atoms with E-state index in [1.807, 2.05) is 19.9 Å². The number of hydrogen-bond donors (Lipinski definition) is 2. The summed E-state index contributed by atoms with van der Waals surface area (Å²) in [5.74, 6) is -1.24. The second-order valence-electron chi connectivity index (χ2n) is 10.8. The van der Waals surface area contributed by atoms with E-state index in [1.165, 1.54) is 19.1 Å². The maximum Gasteiger partial charge on any atom is 0.303 e. The molecule has 4 aliphatic rings. The molecule has 0 radical (unpaired) electrons. The first-order valence-electron chi connectivity index (χ1n) is 11.6. The third-order valence-corrected chi connectivity index (χ3v) is 9.49. The molecule has 0 amide bonds. The molecule has 0 bridgehead atoms. The molecule has 1 aromatic rings. The number of aliphatic hydroxyl groups excluding tert-OH is 2. The van der Waals surface area contributed by atoms with Crippen LogP contribution in [-0.2, 0) is 14.3 Å². The predicted octanol–water partition coefficient (Wildman–Crippen LogP) is 3.54. The number of ketones is 1. The van der Waals surface area contributed by atoms with Crippen molar-refractivity contribution in [2.75, 3.05) is 0 Å². The Morgan fingerprint density at radius 2 is 1.97 bits per heavy atom. The summed E-state index contributed by atoms with van der Waals surface area (Å²) >= 11 is 0. The van der Waals surface area contributed by atoms with Crippen LogP contribution < -0.4 is 0 Å². The van der Waals surface area contributed by atoms with Crippen LogP contribution in [0.2, 0.25) is 0 Å². The van der Waals surface area contributed by atoms with Gasteiger partial charge in [-0.3, -0.25) is 9.59 Å². The number of rotatable bonds is 2. The number of esters is 1. The predicted molar refractivity (Wildman–Crippen MR) is 116 cm³/mol. The maximum absolute atomic E-state index is 13.4. The first-order chi connectivity index (χ1) is 15.1. The molecule has 0 spiro atoms. The quantitative estimate of drug-likeness (QED) is 0.539. The molecular formula is C26H32O6. The average Bonchev–Trinajstić information content (AvgIpc) is 3.36. The summed E-state index contributed by atoms with van der Waals surface area (Å²) in [5, 5.41) is 22.7. The molecule has 6 heteroatoms. The highest BCUT2D eigenvalue weighted by atomic mass is 16.6. The van der Waals surface area contributed by atoms with Gasteiger partial charge in [-0.1, -0.05) is 38.5 Å². The van der Waals surface area contributed by atoms with Crippen LogP contribution >= 0.6 is 0 Å². The second kappa shape index (κ2) is 6.91. The van der Waals surface area contributed by atoms with Crippen LogP contribution in [0.1, 0.15) is 58.4 Å². The summed E-state index contributed by atoms with van der Waals surface area (Å²) in [7, 11) is 0. The van der Waals surface area contributed by atoms with E-state index in [4.69, 9.17) is 9.15 Å². The van der Waals surface area contributed by atoms with Crippen LogP contribution in [0.15, 0.2) is 46.8 Å². The van der Waals surface area contributed by atoms with Gasteiger partial charge in [0.1, 0.15) is 12.2 Å². The van der Waals surface area contributed by atoms with Crippen molar-refractivity contribution in [2.45, 2.75) is 71.2 Å². The zero-order valence-corrected chi connectivity index (χ0v) is 19.1. The van der Waals surface area contributed by atoms with Crippen molar-refractivity contribution in [1.82, 2.24) is 0 Å².